The number of hydrogen-bond donors (Lipinski definition) is 0. The van der Waals surface area contributed by atoms with Gasteiger partial charge in [0.25, 0.3) is 0 Å². The molecule has 0 radical (unpaired) electrons. The maximum absolute atomic E-state index is 11.1. The molecular formula is C9H17Cl2N2O2P. The van der Waals surface area contributed by atoms with Gasteiger partial charge in [0.15, 0.2) is 0 Å². The second kappa shape index (κ2) is 5.55. The molecule has 2 aliphatic heterocycles. The topological polar surface area (TPSA) is 32.8 Å². The Labute approximate surface area is 106 Å². The molecule has 16 heavy (non-hydrogen) atoms. The highest BCUT2D eigenvalue weighted by molar-refractivity contribution is 8.05. The first kappa shape index (κ1) is 13.1. The first-order valence-electron chi connectivity index (χ1n) is 5.73. The summed E-state index contributed by atoms with van der Waals surface area (Å²) in [6, 6.07) is 0.646. The van der Waals surface area contributed by atoms with Gasteiger partial charge in [0, 0.05) is 19.1 Å². The third-order valence-corrected chi connectivity index (χ3v) is 4.08. The smallest absolute Gasteiger partial charge is 0.300 e. The van der Waals surface area contributed by atoms with Gasteiger partial charge in [-0.2, -0.15) is 5.06 Å². The molecule has 0 amide bonds. The summed E-state index contributed by atoms with van der Waals surface area (Å²) in [5.74, 6) is 0. The summed E-state index contributed by atoms with van der Waals surface area (Å²) in [5.41, 5.74) is 0. The molecule has 2 saturated heterocycles. The van der Waals surface area contributed by atoms with E-state index in [0.29, 0.717) is 6.04 Å². The van der Waals surface area contributed by atoms with Crippen LogP contribution in [0.1, 0.15) is 25.7 Å². The van der Waals surface area contributed by atoms with Crippen LogP contribution in [0.4, 0.5) is 0 Å². The normalized spacial score (nSPS) is 26.4. The van der Waals surface area contributed by atoms with Gasteiger partial charge in [0.05, 0.1) is 0 Å². The summed E-state index contributed by atoms with van der Waals surface area (Å²) in [6.45, 7) is 3.94. The molecule has 2 aliphatic rings. The zero-order valence-electron chi connectivity index (χ0n) is 9.15. The van der Waals surface area contributed by atoms with Crippen LogP contribution in [0.5, 0.6) is 0 Å². The molecular weight excluding hydrogens is 270 g/mol. The van der Waals surface area contributed by atoms with Crippen molar-refractivity contribution < 1.29 is 9.19 Å². The van der Waals surface area contributed by atoms with Crippen molar-refractivity contribution in [1.29, 1.82) is 0 Å². The average molecular weight is 287 g/mol. The molecule has 0 unspecified atom stereocenters. The summed E-state index contributed by atoms with van der Waals surface area (Å²) in [4.78, 5) is 2.54. The number of likely N-dealkylation sites (tertiary alicyclic amines) is 1. The SMILES string of the molecule is O=P(Cl)(Cl)ON1CCC(N2CCCC2)CC1. The van der Waals surface area contributed by atoms with Gasteiger partial charge in [-0.1, -0.05) is 0 Å². The maximum atomic E-state index is 11.1. The second-order valence-electron chi connectivity index (χ2n) is 4.40. The van der Waals surface area contributed by atoms with E-state index in [2.05, 4.69) is 4.90 Å². The summed E-state index contributed by atoms with van der Waals surface area (Å²) < 4.78 is 16.1. The largest absolute Gasteiger partial charge is 0.396 e. The number of piperidine rings is 1. The van der Waals surface area contributed by atoms with E-state index in [-0.39, 0.29) is 0 Å². The van der Waals surface area contributed by atoms with Gasteiger partial charge in [-0.25, -0.2) is 4.62 Å². The van der Waals surface area contributed by atoms with Gasteiger partial charge in [0.1, 0.15) is 0 Å². The molecule has 94 valence electrons. The Morgan fingerprint density at radius 1 is 1.06 bits per heavy atom. The van der Waals surface area contributed by atoms with E-state index in [4.69, 9.17) is 27.1 Å². The van der Waals surface area contributed by atoms with E-state index >= 15 is 0 Å². The van der Waals surface area contributed by atoms with Gasteiger partial charge in [-0.3, -0.25) is 4.57 Å². The number of hydrogen-bond acceptors (Lipinski definition) is 4. The first-order valence-corrected chi connectivity index (χ1v) is 9.16. The standard InChI is InChI=1S/C9H17Cl2N2O2P/c10-16(11,14)15-13-7-3-9(4-8-13)12-5-1-2-6-12/h9H,1-8H2. The lowest BCUT2D eigenvalue weighted by atomic mass is 10.1. The molecule has 4 nitrogen and oxygen atoms in total. The fraction of sp³-hybridized carbons (Fsp3) is 1.00. The lowest BCUT2D eigenvalue weighted by Gasteiger charge is -2.35. The highest BCUT2D eigenvalue weighted by atomic mass is 35.9. The Morgan fingerprint density at radius 3 is 2.12 bits per heavy atom. The molecule has 0 bridgehead atoms. The summed E-state index contributed by atoms with van der Waals surface area (Å²) in [7, 11) is 0. The van der Waals surface area contributed by atoms with Crippen molar-refractivity contribution in [1.82, 2.24) is 9.96 Å². The van der Waals surface area contributed by atoms with E-state index in [1.54, 1.807) is 5.06 Å². The highest BCUT2D eigenvalue weighted by Gasteiger charge is 2.29. The third-order valence-electron chi connectivity index (χ3n) is 3.29. The minimum absolute atomic E-state index is 0.646. The van der Waals surface area contributed by atoms with Crippen molar-refractivity contribution in [3.63, 3.8) is 0 Å². The third kappa shape index (κ3) is 3.86. The number of nitrogens with zero attached hydrogens (tertiary/aromatic N) is 2. The van der Waals surface area contributed by atoms with Gasteiger partial charge in [0.2, 0.25) is 0 Å². The molecule has 0 atom stereocenters. The van der Waals surface area contributed by atoms with Gasteiger partial charge < -0.3 is 4.90 Å². The van der Waals surface area contributed by atoms with Crippen LogP contribution in [0.3, 0.4) is 0 Å². The molecule has 0 aliphatic carbocycles. The Kier molecular flexibility index (Phi) is 4.56. The number of rotatable bonds is 3. The Bertz CT molecular complexity index is 273. The van der Waals surface area contributed by atoms with Crippen molar-refractivity contribution >= 4 is 28.6 Å². The Morgan fingerprint density at radius 2 is 1.62 bits per heavy atom. The van der Waals surface area contributed by atoms with Crippen LogP contribution in [0.2, 0.25) is 0 Å². The van der Waals surface area contributed by atoms with E-state index < -0.39 is 6.07 Å². The molecule has 0 saturated carbocycles. The molecule has 2 fully saturated rings. The van der Waals surface area contributed by atoms with Gasteiger partial charge in [-0.05, 0) is 61.3 Å². The Hall–Kier alpha value is 0.690. The van der Waals surface area contributed by atoms with Gasteiger partial charge >= 0.3 is 6.07 Å². The quantitative estimate of drug-likeness (QED) is 0.747. The van der Waals surface area contributed by atoms with E-state index in [9.17, 15) is 4.57 Å². The fourth-order valence-electron chi connectivity index (χ4n) is 2.53. The minimum Gasteiger partial charge on any atom is -0.300 e. The van der Waals surface area contributed by atoms with Crippen molar-refractivity contribution in [3.8, 4) is 0 Å². The number of hydroxylamine groups is 2. The van der Waals surface area contributed by atoms with E-state index in [1.807, 2.05) is 0 Å². The first-order chi connectivity index (χ1) is 7.54. The molecule has 0 spiro atoms. The lowest BCUT2D eigenvalue weighted by Crippen LogP contribution is -2.43. The van der Waals surface area contributed by atoms with Crippen LogP contribution < -0.4 is 0 Å². The van der Waals surface area contributed by atoms with Crippen LogP contribution in [0.15, 0.2) is 0 Å². The van der Waals surface area contributed by atoms with Crippen molar-refractivity contribution in [2.75, 3.05) is 26.2 Å². The zero-order chi connectivity index (χ0) is 11.6. The predicted octanol–water partition coefficient (Wildman–Crippen LogP) is 3.06. The average Bonchev–Trinajstić information content (AvgIpc) is 2.69. The van der Waals surface area contributed by atoms with E-state index in [0.717, 1.165) is 25.9 Å². The molecule has 0 aromatic carbocycles. The Balaban J connectivity index is 1.76. The van der Waals surface area contributed by atoms with Gasteiger partial charge in [-0.15, -0.1) is 0 Å². The second-order valence-corrected chi connectivity index (χ2v) is 8.58. The molecule has 2 heterocycles. The van der Waals surface area contributed by atoms with Crippen molar-refractivity contribution in [2.45, 2.75) is 31.7 Å². The van der Waals surface area contributed by atoms with Crippen LogP contribution >= 0.6 is 28.6 Å². The van der Waals surface area contributed by atoms with Crippen molar-refractivity contribution in [2.24, 2.45) is 0 Å². The zero-order valence-corrected chi connectivity index (χ0v) is 11.6. The molecule has 0 N–H and O–H groups in total. The van der Waals surface area contributed by atoms with Crippen LogP contribution in [0, 0.1) is 0 Å². The maximum Gasteiger partial charge on any atom is 0.396 e. The summed E-state index contributed by atoms with van der Waals surface area (Å²) in [5, 5.41) is 1.63. The minimum atomic E-state index is -3.42. The van der Waals surface area contributed by atoms with Crippen LogP contribution in [-0.4, -0.2) is 42.2 Å². The predicted molar refractivity (Wildman–Crippen MR) is 65.8 cm³/mol. The molecule has 7 heteroatoms. The monoisotopic (exact) mass is 286 g/mol. The summed E-state index contributed by atoms with van der Waals surface area (Å²) in [6.07, 6.45) is 1.28. The lowest BCUT2D eigenvalue weighted by molar-refractivity contribution is -0.0779. The summed E-state index contributed by atoms with van der Waals surface area (Å²) >= 11 is 10.8. The molecule has 0 aromatic rings. The van der Waals surface area contributed by atoms with Crippen molar-refractivity contribution in [3.05, 3.63) is 0 Å². The van der Waals surface area contributed by atoms with Crippen LogP contribution in [-0.2, 0) is 9.19 Å². The van der Waals surface area contributed by atoms with Crippen LogP contribution in [0.25, 0.3) is 0 Å². The molecule has 0 aromatic heterocycles. The molecule has 2 rings (SSSR count). The highest BCUT2D eigenvalue weighted by Crippen LogP contribution is 2.58. The fourth-order valence-corrected chi connectivity index (χ4v) is 3.49. The van der Waals surface area contributed by atoms with E-state index in [1.165, 1.54) is 25.9 Å². The number of halogens is 2.